The zero-order chi connectivity index (χ0) is 7.70. The van der Waals surface area contributed by atoms with E-state index >= 15 is 0 Å². The number of carbonyl (C=O) groups is 1. The lowest BCUT2D eigenvalue weighted by Gasteiger charge is -1.78. The fourth-order valence-corrected chi connectivity index (χ4v) is 0.474. The van der Waals surface area contributed by atoms with Gasteiger partial charge in [-0.15, -0.1) is 0 Å². The lowest BCUT2D eigenvalue weighted by atomic mass is 10.4. The first-order chi connectivity index (χ1) is 4.15. The molecule has 0 aromatic rings. The lowest BCUT2D eigenvalue weighted by molar-refractivity contribution is 0.137. The molecule has 0 saturated carbocycles. The largest absolute Gasteiger partial charge is 0.503 e. The minimum Gasteiger partial charge on any atom is -0.450 e. The fourth-order valence-electron chi connectivity index (χ4n) is 0.158. The number of unbranched alkanes of at least 4 members (excludes halogenated alkanes) is 1. The van der Waals surface area contributed by atoms with Gasteiger partial charge in [0.1, 0.15) is 0 Å². The second kappa shape index (κ2) is 10.6. The van der Waals surface area contributed by atoms with Crippen LogP contribution in [0.2, 0.25) is 0 Å². The summed E-state index contributed by atoms with van der Waals surface area (Å²) in [6.45, 7) is 2.16. The van der Waals surface area contributed by atoms with E-state index in [0.717, 1.165) is 5.75 Å². The molecule has 56 valence electrons. The zero-order valence-electron chi connectivity index (χ0n) is 5.37. The van der Waals surface area contributed by atoms with E-state index in [2.05, 4.69) is 19.6 Å². The van der Waals surface area contributed by atoms with E-state index in [1.807, 2.05) is 0 Å². The lowest BCUT2D eigenvalue weighted by Crippen LogP contribution is -1.81. The van der Waals surface area contributed by atoms with Gasteiger partial charge in [0, 0.05) is 0 Å². The highest BCUT2D eigenvalue weighted by atomic mass is 32.1. The minimum atomic E-state index is -1.83. The molecule has 0 aromatic heterocycles. The van der Waals surface area contributed by atoms with E-state index in [9.17, 15) is 0 Å². The molecule has 4 heteroatoms. The van der Waals surface area contributed by atoms with Gasteiger partial charge in [0.25, 0.3) is 0 Å². The molecule has 9 heavy (non-hydrogen) atoms. The summed E-state index contributed by atoms with van der Waals surface area (Å²) in [5, 5.41) is 13.9. The Balaban J connectivity index is 0. The van der Waals surface area contributed by atoms with Crippen LogP contribution in [0.4, 0.5) is 4.79 Å². The molecule has 0 aliphatic heterocycles. The van der Waals surface area contributed by atoms with Crippen molar-refractivity contribution in [3.8, 4) is 0 Å². The van der Waals surface area contributed by atoms with E-state index in [1.165, 1.54) is 12.8 Å². The minimum absolute atomic E-state index is 1.04. The fraction of sp³-hybridized carbons (Fsp3) is 0.800. The molecular weight excluding hydrogens is 140 g/mol. The standard InChI is InChI=1S/C4H10S.CH2O3/c1-2-3-4-5;2-1(3)4/h5H,2-4H2,1H3;(H2,2,3,4). The molecule has 0 fully saturated rings. The van der Waals surface area contributed by atoms with Gasteiger partial charge < -0.3 is 10.2 Å². The molecule has 0 aliphatic rings. The van der Waals surface area contributed by atoms with Crippen molar-refractivity contribution in [3.63, 3.8) is 0 Å². The average molecular weight is 152 g/mol. The van der Waals surface area contributed by atoms with Gasteiger partial charge in [0.2, 0.25) is 0 Å². The van der Waals surface area contributed by atoms with Gasteiger partial charge in [-0.3, -0.25) is 0 Å². The van der Waals surface area contributed by atoms with Crippen LogP contribution in [-0.2, 0) is 0 Å². The predicted molar refractivity (Wildman–Crippen MR) is 39.4 cm³/mol. The molecule has 0 rings (SSSR count). The third kappa shape index (κ3) is 91.7. The molecule has 0 atom stereocenters. The summed E-state index contributed by atoms with van der Waals surface area (Å²) in [7, 11) is 0. The second-order valence-electron chi connectivity index (χ2n) is 1.36. The Morgan fingerprint density at radius 2 is 1.89 bits per heavy atom. The Morgan fingerprint density at radius 1 is 1.56 bits per heavy atom. The molecule has 0 spiro atoms. The van der Waals surface area contributed by atoms with Crippen LogP contribution in [0, 0.1) is 0 Å². The quantitative estimate of drug-likeness (QED) is 0.530. The summed E-state index contributed by atoms with van der Waals surface area (Å²) in [5.41, 5.74) is 0. The van der Waals surface area contributed by atoms with Gasteiger partial charge in [-0.1, -0.05) is 13.3 Å². The number of rotatable bonds is 2. The van der Waals surface area contributed by atoms with E-state index in [0.29, 0.717) is 0 Å². The van der Waals surface area contributed by atoms with Gasteiger partial charge in [-0.25, -0.2) is 4.79 Å². The summed E-state index contributed by atoms with van der Waals surface area (Å²) in [4.78, 5) is 8.56. The molecular formula is C5H12O3S. The van der Waals surface area contributed by atoms with Crippen LogP contribution in [0.15, 0.2) is 0 Å². The van der Waals surface area contributed by atoms with Crippen molar-refractivity contribution in [1.82, 2.24) is 0 Å². The molecule has 0 aromatic carbocycles. The predicted octanol–water partition coefficient (Wildman–Crippen LogP) is 1.94. The maximum Gasteiger partial charge on any atom is 0.503 e. The monoisotopic (exact) mass is 152 g/mol. The summed E-state index contributed by atoms with van der Waals surface area (Å²) in [5.74, 6) is 1.04. The maximum absolute atomic E-state index is 8.56. The number of carboxylic acid groups (broad SMARTS) is 2. The van der Waals surface area contributed by atoms with Crippen molar-refractivity contribution in [1.29, 1.82) is 0 Å². The zero-order valence-corrected chi connectivity index (χ0v) is 6.27. The first kappa shape index (κ1) is 11.4. The highest BCUT2D eigenvalue weighted by Gasteiger charge is 1.70. The Labute approximate surface area is 60.1 Å². The smallest absolute Gasteiger partial charge is 0.450 e. The summed E-state index contributed by atoms with van der Waals surface area (Å²) in [6.07, 6.45) is 0.687. The molecule has 0 radical (unpaired) electrons. The van der Waals surface area contributed by atoms with E-state index in [4.69, 9.17) is 15.0 Å². The summed E-state index contributed by atoms with van der Waals surface area (Å²) in [6, 6.07) is 0. The molecule has 2 N–H and O–H groups in total. The SMILES string of the molecule is CCCCS.O=C(O)O. The number of hydrogen-bond acceptors (Lipinski definition) is 2. The van der Waals surface area contributed by atoms with Gasteiger partial charge in [0.05, 0.1) is 0 Å². The number of thiol groups is 1. The second-order valence-corrected chi connectivity index (χ2v) is 1.81. The molecule has 0 bridgehead atoms. The summed E-state index contributed by atoms with van der Waals surface area (Å²) >= 11 is 4.00. The van der Waals surface area contributed by atoms with Crippen molar-refractivity contribution in [2.45, 2.75) is 19.8 Å². The molecule has 0 saturated heterocycles. The van der Waals surface area contributed by atoms with Gasteiger partial charge in [-0.05, 0) is 12.2 Å². The van der Waals surface area contributed by atoms with Crippen LogP contribution in [0.5, 0.6) is 0 Å². The van der Waals surface area contributed by atoms with Crippen LogP contribution < -0.4 is 0 Å². The van der Waals surface area contributed by atoms with Crippen LogP contribution >= 0.6 is 12.6 Å². The summed E-state index contributed by atoms with van der Waals surface area (Å²) < 4.78 is 0. The van der Waals surface area contributed by atoms with Crippen LogP contribution in [0.25, 0.3) is 0 Å². The Morgan fingerprint density at radius 3 is 1.89 bits per heavy atom. The Hall–Kier alpha value is -0.380. The molecule has 3 nitrogen and oxygen atoms in total. The topological polar surface area (TPSA) is 57.5 Å². The van der Waals surface area contributed by atoms with E-state index in [1.54, 1.807) is 0 Å². The van der Waals surface area contributed by atoms with E-state index in [-0.39, 0.29) is 0 Å². The third-order valence-electron chi connectivity index (χ3n) is 0.512. The number of hydrogen-bond donors (Lipinski definition) is 3. The molecule has 0 amide bonds. The van der Waals surface area contributed by atoms with Crippen molar-refractivity contribution < 1.29 is 15.0 Å². The van der Waals surface area contributed by atoms with E-state index < -0.39 is 6.16 Å². The van der Waals surface area contributed by atoms with Crippen molar-refractivity contribution in [3.05, 3.63) is 0 Å². The van der Waals surface area contributed by atoms with Gasteiger partial charge in [0.15, 0.2) is 0 Å². The van der Waals surface area contributed by atoms with Crippen molar-refractivity contribution in [2.24, 2.45) is 0 Å². The first-order valence-corrected chi connectivity index (χ1v) is 3.31. The third-order valence-corrected chi connectivity index (χ3v) is 0.828. The molecule has 0 aliphatic carbocycles. The highest BCUT2D eigenvalue weighted by Crippen LogP contribution is 1.85. The first-order valence-electron chi connectivity index (χ1n) is 2.67. The van der Waals surface area contributed by atoms with Crippen molar-refractivity contribution >= 4 is 18.8 Å². The van der Waals surface area contributed by atoms with Crippen LogP contribution in [0.3, 0.4) is 0 Å². The maximum atomic E-state index is 8.56. The Kier molecular flexibility index (Phi) is 13.4. The average Bonchev–Trinajstić information content (AvgIpc) is 1.66. The highest BCUT2D eigenvalue weighted by molar-refractivity contribution is 7.80. The molecule has 0 unspecified atom stereocenters. The van der Waals surface area contributed by atoms with Crippen LogP contribution in [0.1, 0.15) is 19.8 Å². The van der Waals surface area contributed by atoms with Crippen LogP contribution in [-0.4, -0.2) is 22.1 Å². The van der Waals surface area contributed by atoms with Gasteiger partial charge in [-0.2, -0.15) is 12.6 Å². The Bertz CT molecular complexity index is 59.2. The van der Waals surface area contributed by atoms with Crippen molar-refractivity contribution in [2.75, 3.05) is 5.75 Å². The van der Waals surface area contributed by atoms with Gasteiger partial charge >= 0.3 is 6.16 Å². The normalized spacial score (nSPS) is 7.33. The molecule has 0 heterocycles.